The molecule has 0 aliphatic carbocycles. The third-order valence-corrected chi connectivity index (χ3v) is 2.22. The lowest BCUT2D eigenvalue weighted by Gasteiger charge is -2.00. The highest BCUT2D eigenvalue weighted by atomic mass is 16.5. The minimum atomic E-state index is -0.617. The van der Waals surface area contributed by atoms with Gasteiger partial charge in [0.1, 0.15) is 0 Å². The Morgan fingerprint density at radius 1 is 1.41 bits per heavy atom. The molecule has 0 saturated heterocycles. The number of hydrogen-bond acceptors (Lipinski definition) is 4. The Labute approximate surface area is 98.2 Å². The van der Waals surface area contributed by atoms with E-state index in [0.29, 0.717) is 12.4 Å². The Hall–Kier alpha value is -2.30. The molecule has 5 heteroatoms. The van der Waals surface area contributed by atoms with Crippen LogP contribution >= 0.6 is 0 Å². The van der Waals surface area contributed by atoms with Crippen LogP contribution in [-0.4, -0.2) is 17.7 Å². The molecule has 1 amide bonds. The number of amides is 1. The van der Waals surface area contributed by atoms with Crippen LogP contribution in [0, 0.1) is 0 Å². The number of carbonyl (C=O) groups excluding carboxylic acids is 1. The zero-order valence-electron chi connectivity index (χ0n) is 9.34. The first-order chi connectivity index (χ1) is 8.24. The van der Waals surface area contributed by atoms with Gasteiger partial charge in [0, 0.05) is 5.56 Å². The molecule has 1 aromatic heterocycles. The van der Waals surface area contributed by atoms with Crippen molar-refractivity contribution in [3.63, 3.8) is 0 Å². The zero-order valence-corrected chi connectivity index (χ0v) is 9.34. The lowest BCUT2D eigenvalue weighted by molar-refractivity contribution is 0.0997. The summed E-state index contributed by atoms with van der Waals surface area (Å²) >= 11 is 0. The molecular weight excluding hydrogens is 220 g/mol. The van der Waals surface area contributed by atoms with Crippen molar-refractivity contribution in [3.05, 3.63) is 35.9 Å². The molecule has 5 nitrogen and oxygen atoms in total. The standard InChI is InChI=1S/C12H12N2O3/c1-2-16-12-9(11(13)15)10(17-14-12)8-6-4-3-5-7-8/h3-7H,2H2,1H3,(H2,13,15). The molecule has 88 valence electrons. The van der Waals surface area contributed by atoms with Crippen molar-refractivity contribution in [1.29, 1.82) is 0 Å². The van der Waals surface area contributed by atoms with E-state index in [1.165, 1.54) is 0 Å². The van der Waals surface area contributed by atoms with Crippen LogP contribution in [0.1, 0.15) is 17.3 Å². The van der Waals surface area contributed by atoms with Crippen LogP contribution in [0.4, 0.5) is 0 Å². The first-order valence-electron chi connectivity index (χ1n) is 5.21. The summed E-state index contributed by atoms with van der Waals surface area (Å²) in [5.41, 5.74) is 6.22. The molecule has 0 atom stereocenters. The summed E-state index contributed by atoms with van der Waals surface area (Å²) in [4.78, 5) is 11.4. The maximum Gasteiger partial charge on any atom is 0.267 e. The van der Waals surface area contributed by atoms with Crippen LogP contribution in [0.25, 0.3) is 11.3 Å². The molecule has 2 N–H and O–H groups in total. The Morgan fingerprint density at radius 2 is 2.12 bits per heavy atom. The van der Waals surface area contributed by atoms with Gasteiger partial charge in [-0.3, -0.25) is 4.79 Å². The van der Waals surface area contributed by atoms with Gasteiger partial charge >= 0.3 is 0 Å². The van der Waals surface area contributed by atoms with Crippen LogP contribution in [-0.2, 0) is 0 Å². The van der Waals surface area contributed by atoms with Crippen LogP contribution < -0.4 is 10.5 Å². The van der Waals surface area contributed by atoms with E-state index in [2.05, 4.69) is 5.16 Å². The molecule has 1 aromatic carbocycles. The molecule has 0 aliphatic rings. The Morgan fingerprint density at radius 3 is 2.71 bits per heavy atom. The largest absolute Gasteiger partial charge is 0.475 e. The summed E-state index contributed by atoms with van der Waals surface area (Å²) in [5.74, 6) is -0.144. The number of aromatic nitrogens is 1. The fraction of sp³-hybridized carbons (Fsp3) is 0.167. The summed E-state index contributed by atoms with van der Waals surface area (Å²) in [7, 11) is 0. The molecule has 0 radical (unpaired) electrons. The van der Waals surface area contributed by atoms with Gasteiger partial charge in [0.2, 0.25) is 0 Å². The predicted molar refractivity (Wildman–Crippen MR) is 61.6 cm³/mol. The summed E-state index contributed by atoms with van der Waals surface area (Å²) in [6, 6.07) is 9.16. The lowest BCUT2D eigenvalue weighted by atomic mass is 10.1. The number of hydrogen-bond donors (Lipinski definition) is 1. The molecule has 0 bridgehead atoms. The summed E-state index contributed by atoms with van der Waals surface area (Å²) in [6.45, 7) is 2.18. The number of ether oxygens (including phenoxy) is 1. The van der Waals surface area contributed by atoms with Crippen LogP contribution in [0.15, 0.2) is 34.9 Å². The Bertz CT molecular complexity index is 520. The van der Waals surface area contributed by atoms with Gasteiger partial charge in [-0.1, -0.05) is 30.3 Å². The second-order valence-electron chi connectivity index (χ2n) is 3.36. The van der Waals surface area contributed by atoms with E-state index in [1.54, 1.807) is 6.92 Å². The molecule has 0 saturated carbocycles. The first-order valence-corrected chi connectivity index (χ1v) is 5.21. The maximum absolute atomic E-state index is 11.4. The van der Waals surface area contributed by atoms with Gasteiger partial charge in [-0.05, 0) is 12.1 Å². The molecule has 17 heavy (non-hydrogen) atoms. The predicted octanol–water partition coefficient (Wildman–Crippen LogP) is 1.84. The normalized spacial score (nSPS) is 10.2. The number of carbonyl (C=O) groups is 1. The molecule has 0 aliphatic heterocycles. The van der Waals surface area contributed by atoms with Crippen molar-refractivity contribution in [2.75, 3.05) is 6.61 Å². The van der Waals surface area contributed by atoms with Gasteiger partial charge in [-0.2, -0.15) is 0 Å². The van der Waals surface area contributed by atoms with Crippen molar-refractivity contribution in [3.8, 4) is 17.2 Å². The van der Waals surface area contributed by atoms with Crippen LogP contribution in [0.5, 0.6) is 5.88 Å². The third kappa shape index (κ3) is 2.13. The van der Waals surface area contributed by atoms with Crippen molar-refractivity contribution in [1.82, 2.24) is 5.16 Å². The van der Waals surface area contributed by atoms with Crippen molar-refractivity contribution < 1.29 is 14.1 Å². The second kappa shape index (κ2) is 4.69. The van der Waals surface area contributed by atoms with E-state index in [4.69, 9.17) is 15.0 Å². The third-order valence-electron chi connectivity index (χ3n) is 2.22. The SMILES string of the molecule is CCOc1noc(-c2ccccc2)c1C(N)=O. The number of benzene rings is 1. The lowest BCUT2D eigenvalue weighted by Crippen LogP contribution is -2.13. The monoisotopic (exact) mass is 232 g/mol. The number of nitrogens with two attached hydrogens (primary N) is 1. The van der Waals surface area contributed by atoms with E-state index in [-0.39, 0.29) is 11.4 Å². The summed E-state index contributed by atoms with van der Waals surface area (Å²) in [5, 5.41) is 3.71. The topological polar surface area (TPSA) is 78.3 Å². The van der Waals surface area contributed by atoms with Crippen LogP contribution in [0.3, 0.4) is 0 Å². The average molecular weight is 232 g/mol. The van der Waals surface area contributed by atoms with Gasteiger partial charge in [-0.25, -0.2) is 0 Å². The van der Waals surface area contributed by atoms with Gasteiger partial charge in [0.25, 0.3) is 11.8 Å². The average Bonchev–Trinajstić information content (AvgIpc) is 2.74. The van der Waals surface area contributed by atoms with E-state index in [0.717, 1.165) is 5.56 Å². The van der Waals surface area contributed by atoms with E-state index < -0.39 is 5.91 Å². The van der Waals surface area contributed by atoms with Crippen molar-refractivity contribution in [2.24, 2.45) is 5.73 Å². The smallest absolute Gasteiger partial charge is 0.267 e. The second-order valence-corrected chi connectivity index (χ2v) is 3.36. The molecule has 2 aromatic rings. The van der Waals surface area contributed by atoms with Crippen LogP contribution in [0.2, 0.25) is 0 Å². The molecule has 0 spiro atoms. The van der Waals surface area contributed by atoms with Gasteiger partial charge in [0.15, 0.2) is 11.3 Å². The Kier molecular flexibility index (Phi) is 3.09. The fourth-order valence-corrected chi connectivity index (χ4v) is 1.51. The van der Waals surface area contributed by atoms with Crippen molar-refractivity contribution in [2.45, 2.75) is 6.92 Å². The van der Waals surface area contributed by atoms with Gasteiger partial charge in [0.05, 0.1) is 6.61 Å². The maximum atomic E-state index is 11.4. The molecule has 0 fully saturated rings. The minimum Gasteiger partial charge on any atom is -0.475 e. The fourth-order valence-electron chi connectivity index (χ4n) is 1.51. The van der Waals surface area contributed by atoms with Gasteiger partial charge < -0.3 is 15.0 Å². The number of rotatable bonds is 4. The highest BCUT2D eigenvalue weighted by molar-refractivity contribution is 6.00. The highest BCUT2D eigenvalue weighted by Crippen LogP contribution is 2.29. The quantitative estimate of drug-likeness (QED) is 0.872. The van der Waals surface area contributed by atoms with E-state index >= 15 is 0 Å². The Balaban J connectivity index is 2.52. The van der Waals surface area contributed by atoms with E-state index in [1.807, 2.05) is 30.3 Å². The molecule has 0 unspecified atom stereocenters. The molecule has 1 heterocycles. The number of nitrogens with zero attached hydrogens (tertiary/aromatic N) is 1. The molecule has 2 rings (SSSR count). The van der Waals surface area contributed by atoms with E-state index in [9.17, 15) is 4.79 Å². The minimum absolute atomic E-state index is 0.138. The summed E-state index contributed by atoms with van der Waals surface area (Å²) < 4.78 is 10.3. The molecular formula is C12H12N2O3. The van der Waals surface area contributed by atoms with Crippen molar-refractivity contribution >= 4 is 5.91 Å². The zero-order chi connectivity index (χ0) is 12.3. The van der Waals surface area contributed by atoms with Gasteiger partial charge in [-0.15, -0.1) is 0 Å². The number of primary amides is 1. The first kappa shape index (κ1) is 11.2. The summed E-state index contributed by atoms with van der Waals surface area (Å²) in [6.07, 6.45) is 0. The highest BCUT2D eigenvalue weighted by Gasteiger charge is 2.23.